The molecule has 1 aliphatic heterocycles. The van der Waals surface area contributed by atoms with Crippen LogP contribution in [0.4, 0.5) is 0 Å². The molecule has 0 bridgehead atoms. The van der Waals surface area contributed by atoms with Crippen LogP contribution in [0.15, 0.2) is 6.20 Å². The summed E-state index contributed by atoms with van der Waals surface area (Å²) in [6, 6.07) is 0. The number of rotatable bonds is 3. The number of nitrogens with zero attached hydrogens (tertiary/aromatic N) is 3. The van der Waals surface area contributed by atoms with Crippen molar-refractivity contribution < 1.29 is 9.84 Å². The van der Waals surface area contributed by atoms with Crippen molar-refractivity contribution in [1.82, 2.24) is 15.0 Å². The summed E-state index contributed by atoms with van der Waals surface area (Å²) >= 11 is 0. The third-order valence-electron chi connectivity index (χ3n) is 2.26. The molecule has 72 valence electrons. The van der Waals surface area contributed by atoms with Crippen LogP contribution >= 0.6 is 0 Å². The van der Waals surface area contributed by atoms with Gasteiger partial charge in [-0.3, -0.25) is 0 Å². The molecule has 13 heavy (non-hydrogen) atoms. The highest BCUT2D eigenvalue weighted by Gasteiger charge is 2.17. The minimum Gasteiger partial charge on any atom is -0.390 e. The number of aliphatic hydroxyl groups excluding tert-OH is 1. The largest absolute Gasteiger partial charge is 0.390 e. The number of hydrogen-bond acceptors (Lipinski definition) is 4. The molecule has 5 nitrogen and oxygen atoms in total. The molecule has 0 saturated carbocycles. The first-order valence-corrected chi connectivity index (χ1v) is 4.50. The highest BCUT2D eigenvalue weighted by molar-refractivity contribution is 4.91. The quantitative estimate of drug-likeness (QED) is 0.713. The first-order valence-electron chi connectivity index (χ1n) is 4.50. The van der Waals surface area contributed by atoms with E-state index in [9.17, 15) is 0 Å². The van der Waals surface area contributed by atoms with Gasteiger partial charge in [-0.1, -0.05) is 5.21 Å². The average molecular weight is 183 g/mol. The van der Waals surface area contributed by atoms with Gasteiger partial charge >= 0.3 is 0 Å². The minimum atomic E-state index is -0.0142. The summed E-state index contributed by atoms with van der Waals surface area (Å²) in [7, 11) is 0. The summed E-state index contributed by atoms with van der Waals surface area (Å²) in [6.45, 7) is 1.53. The van der Waals surface area contributed by atoms with Gasteiger partial charge in [0.2, 0.25) is 0 Å². The van der Waals surface area contributed by atoms with E-state index in [-0.39, 0.29) is 12.7 Å². The summed E-state index contributed by atoms with van der Waals surface area (Å²) in [5, 5.41) is 16.5. The van der Waals surface area contributed by atoms with Crippen molar-refractivity contribution in [3.63, 3.8) is 0 Å². The highest BCUT2D eigenvalue weighted by atomic mass is 16.5. The van der Waals surface area contributed by atoms with Gasteiger partial charge < -0.3 is 9.84 Å². The average Bonchev–Trinajstić information content (AvgIpc) is 2.76. The van der Waals surface area contributed by atoms with Crippen molar-refractivity contribution in [3.05, 3.63) is 11.9 Å². The molecule has 2 heterocycles. The lowest BCUT2D eigenvalue weighted by atomic mass is 10.2. The van der Waals surface area contributed by atoms with Crippen LogP contribution in [0.3, 0.4) is 0 Å². The highest BCUT2D eigenvalue weighted by Crippen LogP contribution is 2.14. The lowest BCUT2D eigenvalue weighted by Gasteiger charge is -2.09. The van der Waals surface area contributed by atoms with E-state index < -0.39 is 0 Å². The van der Waals surface area contributed by atoms with Crippen molar-refractivity contribution >= 4 is 0 Å². The zero-order valence-corrected chi connectivity index (χ0v) is 7.39. The summed E-state index contributed by atoms with van der Waals surface area (Å²) < 4.78 is 7.16. The van der Waals surface area contributed by atoms with Gasteiger partial charge in [0.1, 0.15) is 0 Å². The Hall–Kier alpha value is -0.940. The summed E-state index contributed by atoms with van der Waals surface area (Å²) in [4.78, 5) is 0. The molecule has 1 saturated heterocycles. The molecular weight excluding hydrogens is 170 g/mol. The topological polar surface area (TPSA) is 60.2 Å². The van der Waals surface area contributed by atoms with E-state index in [1.54, 1.807) is 10.9 Å². The number of aliphatic hydroxyl groups is 1. The van der Waals surface area contributed by atoms with Crippen LogP contribution in [-0.4, -0.2) is 32.8 Å². The van der Waals surface area contributed by atoms with E-state index in [1.165, 1.54) is 0 Å². The van der Waals surface area contributed by atoms with Crippen LogP contribution in [-0.2, 0) is 17.9 Å². The minimum absolute atomic E-state index is 0.0142. The molecule has 1 atom stereocenters. The van der Waals surface area contributed by atoms with Gasteiger partial charge in [-0.25, -0.2) is 4.68 Å². The first kappa shape index (κ1) is 8.65. The SMILES string of the molecule is OCc1cnnn1C[C@H]1CCCO1. The molecule has 0 radical (unpaired) electrons. The summed E-state index contributed by atoms with van der Waals surface area (Å²) in [5.41, 5.74) is 0.746. The lowest BCUT2D eigenvalue weighted by molar-refractivity contribution is 0.0914. The Morgan fingerprint density at radius 2 is 2.62 bits per heavy atom. The summed E-state index contributed by atoms with van der Waals surface area (Å²) in [6.07, 6.45) is 4.01. The second-order valence-corrected chi connectivity index (χ2v) is 3.20. The first-order chi connectivity index (χ1) is 6.40. The standard InChI is InChI=1S/C8H13N3O2/c12-6-7-4-9-10-11(7)5-8-2-1-3-13-8/h4,8,12H,1-3,5-6H2/t8-/m1/s1. The fraction of sp³-hybridized carbons (Fsp3) is 0.750. The molecule has 5 heteroatoms. The molecule has 0 aliphatic carbocycles. The second-order valence-electron chi connectivity index (χ2n) is 3.20. The molecule has 0 unspecified atom stereocenters. The monoisotopic (exact) mass is 183 g/mol. The van der Waals surface area contributed by atoms with Crippen LogP contribution in [0.25, 0.3) is 0 Å². The van der Waals surface area contributed by atoms with Gasteiger partial charge in [0.25, 0.3) is 0 Å². The van der Waals surface area contributed by atoms with E-state index >= 15 is 0 Å². The zero-order chi connectivity index (χ0) is 9.10. The molecule has 2 rings (SSSR count). The third kappa shape index (κ3) is 1.87. The molecule has 0 spiro atoms. The van der Waals surface area contributed by atoms with Crippen LogP contribution in [0.5, 0.6) is 0 Å². The second kappa shape index (κ2) is 3.85. The molecule has 0 aromatic carbocycles. The van der Waals surface area contributed by atoms with E-state index in [1.807, 2.05) is 0 Å². The fourth-order valence-corrected chi connectivity index (χ4v) is 1.54. The predicted octanol–water partition coefficient (Wildman–Crippen LogP) is -0.0506. The normalized spacial score (nSPS) is 22.4. The maximum Gasteiger partial charge on any atom is 0.0866 e. The fourth-order valence-electron chi connectivity index (χ4n) is 1.54. The van der Waals surface area contributed by atoms with E-state index in [2.05, 4.69) is 10.3 Å². The van der Waals surface area contributed by atoms with Crippen molar-refractivity contribution in [1.29, 1.82) is 0 Å². The Balaban J connectivity index is 1.99. The predicted molar refractivity (Wildman–Crippen MR) is 44.9 cm³/mol. The summed E-state index contributed by atoms with van der Waals surface area (Å²) in [5.74, 6) is 0. The van der Waals surface area contributed by atoms with Gasteiger partial charge in [-0.2, -0.15) is 0 Å². The molecule has 1 N–H and O–H groups in total. The number of hydrogen-bond donors (Lipinski definition) is 1. The lowest BCUT2D eigenvalue weighted by Crippen LogP contribution is -2.17. The number of ether oxygens (including phenoxy) is 1. The molecular formula is C8H13N3O2. The van der Waals surface area contributed by atoms with E-state index in [0.717, 1.165) is 25.1 Å². The van der Waals surface area contributed by atoms with Gasteiger partial charge in [-0.05, 0) is 12.8 Å². The van der Waals surface area contributed by atoms with Crippen molar-refractivity contribution in [2.45, 2.75) is 32.1 Å². The number of aromatic nitrogens is 3. The molecule has 1 aromatic heterocycles. The van der Waals surface area contributed by atoms with Crippen molar-refractivity contribution in [2.24, 2.45) is 0 Å². The zero-order valence-electron chi connectivity index (χ0n) is 7.39. The maximum atomic E-state index is 8.94. The molecule has 1 aliphatic rings. The van der Waals surface area contributed by atoms with Crippen LogP contribution in [0.1, 0.15) is 18.5 Å². The van der Waals surface area contributed by atoms with Crippen molar-refractivity contribution in [3.8, 4) is 0 Å². The van der Waals surface area contributed by atoms with Gasteiger partial charge in [0.05, 0.1) is 31.1 Å². The van der Waals surface area contributed by atoms with E-state index in [0.29, 0.717) is 6.54 Å². The van der Waals surface area contributed by atoms with Gasteiger partial charge in [0, 0.05) is 6.61 Å². The molecule has 1 fully saturated rings. The Morgan fingerprint density at radius 1 is 1.69 bits per heavy atom. The Kier molecular flexibility index (Phi) is 2.56. The van der Waals surface area contributed by atoms with E-state index in [4.69, 9.17) is 9.84 Å². The maximum absolute atomic E-state index is 8.94. The Bertz CT molecular complexity index is 268. The van der Waals surface area contributed by atoms with Crippen molar-refractivity contribution in [2.75, 3.05) is 6.61 Å². The third-order valence-corrected chi connectivity index (χ3v) is 2.26. The van der Waals surface area contributed by atoms with Crippen LogP contribution in [0, 0.1) is 0 Å². The van der Waals surface area contributed by atoms with Gasteiger partial charge in [-0.15, -0.1) is 5.10 Å². The van der Waals surface area contributed by atoms with Gasteiger partial charge in [0.15, 0.2) is 0 Å². The Morgan fingerprint density at radius 3 is 3.31 bits per heavy atom. The molecule has 0 amide bonds. The van der Waals surface area contributed by atoms with Crippen LogP contribution in [0.2, 0.25) is 0 Å². The molecule has 1 aromatic rings. The van der Waals surface area contributed by atoms with Crippen LogP contribution < -0.4 is 0 Å². The smallest absolute Gasteiger partial charge is 0.0866 e. The Labute approximate surface area is 76.3 Å².